The van der Waals surface area contributed by atoms with Crippen molar-refractivity contribution in [2.75, 3.05) is 12.3 Å². The van der Waals surface area contributed by atoms with E-state index in [0.717, 1.165) is 23.7 Å². The van der Waals surface area contributed by atoms with E-state index in [1.807, 2.05) is 6.07 Å². The summed E-state index contributed by atoms with van der Waals surface area (Å²) in [5.41, 5.74) is 6.07. The fourth-order valence-electron chi connectivity index (χ4n) is 5.01. The van der Waals surface area contributed by atoms with Gasteiger partial charge in [0.2, 0.25) is 0 Å². The lowest BCUT2D eigenvalue weighted by atomic mass is 9.52. The highest BCUT2D eigenvalue weighted by atomic mass is 16.7. The van der Waals surface area contributed by atoms with E-state index in [-0.39, 0.29) is 5.69 Å². The van der Waals surface area contributed by atoms with Gasteiger partial charge in [-0.1, -0.05) is 0 Å². The Balaban J connectivity index is 1.45. The van der Waals surface area contributed by atoms with Crippen LogP contribution in [0.5, 0.6) is 0 Å². The molecule has 106 valence electrons. The highest BCUT2D eigenvalue weighted by molar-refractivity contribution is 5.43. The van der Waals surface area contributed by atoms with E-state index in [1.54, 1.807) is 0 Å². The van der Waals surface area contributed by atoms with Gasteiger partial charge in [0.1, 0.15) is 19.0 Å². The van der Waals surface area contributed by atoms with Crippen LogP contribution in [0.2, 0.25) is 0 Å². The van der Waals surface area contributed by atoms with E-state index in [9.17, 15) is 0 Å². The fourth-order valence-corrected chi connectivity index (χ4v) is 5.01. The number of hydrogen-bond donors (Lipinski definition) is 1. The summed E-state index contributed by atoms with van der Waals surface area (Å²) in [4.78, 5) is 9.76. The third kappa shape index (κ3) is 1.78. The molecule has 1 aromatic rings. The number of aromatic nitrogens is 2. The number of nitrogen functional groups attached to an aromatic ring is 1. The van der Waals surface area contributed by atoms with Gasteiger partial charge in [0.15, 0.2) is 11.5 Å². The Labute approximate surface area is 118 Å². The van der Waals surface area contributed by atoms with Crippen molar-refractivity contribution >= 4 is 5.82 Å². The summed E-state index contributed by atoms with van der Waals surface area (Å²) in [7, 11) is 0. The number of nitrogens with zero attached hydrogens (tertiary/aromatic N) is 3. The molecule has 4 bridgehead atoms. The molecule has 0 amide bonds. The van der Waals surface area contributed by atoms with Crippen LogP contribution in [0.1, 0.15) is 37.8 Å². The molecule has 0 aliphatic heterocycles. The molecule has 1 aromatic heterocycles. The van der Waals surface area contributed by atoms with Crippen LogP contribution in [-0.2, 0) is 0 Å². The monoisotopic (exact) mass is 272 g/mol. The van der Waals surface area contributed by atoms with E-state index in [1.165, 1.54) is 43.2 Å². The van der Waals surface area contributed by atoms with Crippen molar-refractivity contribution in [2.24, 2.45) is 29.6 Å². The van der Waals surface area contributed by atoms with E-state index >= 15 is 0 Å². The second kappa shape index (κ2) is 4.41. The number of rotatable bonds is 3. The van der Waals surface area contributed by atoms with Crippen molar-refractivity contribution in [3.8, 4) is 6.07 Å². The molecule has 5 nitrogen and oxygen atoms in total. The van der Waals surface area contributed by atoms with Gasteiger partial charge in [0, 0.05) is 5.92 Å². The summed E-state index contributed by atoms with van der Waals surface area (Å²) in [6, 6.07) is 1.97. The van der Waals surface area contributed by atoms with Crippen molar-refractivity contribution in [1.82, 2.24) is 9.71 Å². The second-order valence-electron chi connectivity index (χ2n) is 6.81. The molecule has 0 unspecified atom stereocenters. The zero-order valence-electron chi connectivity index (χ0n) is 11.5. The molecular weight excluding hydrogens is 252 g/mol. The summed E-state index contributed by atoms with van der Waals surface area (Å²) in [5.74, 6) is 4.62. The molecule has 0 radical (unpaired) electrons. The van der Waals surface area contributed by atoms with Gasteiger partial charge in [-0.15, -0.1) is 0 Å². The quantitative estimate of drug-likeness (QED) is 0.910. The maximum atomic E-state index is 8.85. The lowest BCUT2D eigenvalue weighted by molar-refractivity contribution is -0.0728. The Morgan fingerprint density at radius 2 is 1.90 bits per heavy atom. The van der Waals surface area contributed by atoms with Gasteiger partial charge in [-0.05, 0) is 55.8 Å². The van der Waals surface area contributed by atoms with Crippen molar-refractivity contribution in [1.29, 1.82) is 5.26 Å². The van der Waals surface area contributed by atoms with Crippen LogP contribution in [0.3, 0.4) is 0 Å². The van der Waals surface area contributed by atoms with Crippen LogP contribution in [0.4, 0.5) is 5.82 Å². The minimum absolute atomic E-state index is 0.245. The zero-order chi connectivity index (χ0) is 13.7. The maximum Gasteiger partial charge on any atom is 0.185 e. The molecular formula is C15H20N4O. The number of imidazole rings is 1. The topological polar surface area (TPSA) is 76.9 Å². The lowest BCUT2D eigenvalue weighted by Crippen LogP contribution is -2.47. The lowest BCUT2D eigenvalue weighted by Gasteiger charge is -2.54. The van der Waals surface area contributed by atoms with E-state index in [4.69, 9.17) is 15.8 Å². The molecule has 4 saturated carbocycles. The summed E-state index contributed by atoms with van der Waals surface area (Å²) in [5, 5.41) is 8.85. The van der Waals surface area contributed by atoms with Crippen molar-refractivity contribution in [3.05, 3.63) is 12.0 Å². The van der Waals surface area contributed by atoms with E-state index in [0.29, 0.717) is 18.3 Å². The number of nitrogens with two attached hydrogens (primary N) is 1. The molecule has 20 heavy (non-hydrogen) atoms. The summed E-state index contributed by atoms with van der Waals surface area (Å²) < 4.78 is 1.46. The normalized spacial score (nSPS) is 37.9. The first kappa shape index (κ1) is 12.1. The highest BCUT2D eigenvalue weighted by Gasteiger charge is 2.48. The van der Waals surface area contributed by atoms with Crippen LogP contribution >= 0.6 is 0 Å². The molecule has 5 heteroatoms. The van der Waals surface area contributed by atoms with Crippen LogP contribution < -0.4 is 10.6 Å². The third-order valence-electron chi connectivity index (χ3n) is 5.71. The first-order valence-corrected chi connectivity index (χ1v) is 7.60. The summed E-state index contributed by atoms with van der Waals surface area (Å²) in [6.45, 7) is 0.709. The third-order valence-corrected chi connectivity index (χ3v) is 5.71. The average Bonchev–Trinajstić information content (AvgIpc) is 2.78. The summed E-state index contributed by atoms with van der Waals surface area (Å²) in [6.07, 6.45) is 8.55. The molecule has 4 aliphatic carbocycles. The largest absolute Gasteiger partial charge is 0.411 e. The second-order valence-corrected chi connectivity index (χ2v) is 6.81. The number of hydrogen-bond acceptors (Lipinski definition) is 4. The Hall–Kier alpha value is -1.70. The van der Waals surface area contributed by atoms with Gasteiger partial charge in [-0.3, -0.25) is 0 Å². The van der Waals surface area contributed by atoms with Crippen LogP contribution in [0.25, 0.3) is 0 Å². The summed E-state index contributed by atoms with van der Waals surface area (Å²) >= 11 is 0. The fraction of sp³-hybridized carbons (Fsp3) is 0.733. The van der Waals surface area contributed by atoms with Crippen LogP contribution in [0.15, 0.2) is 6.33 Å². The molecule has 2 N–H and O–H groups in total. The molecule has 1 heterocycles. The van der Waals surface area contributed by atoms with Gasteiger partial charge < -0.3 is 10.6 Å². The zero-order valence-corrected chi connectivity index (χ0v) is 11.5. The predicted molar refractivity (Wildman–Crippen MR) is 73.3 cm³/mol. The molecule has 4 aliphatic rings. The minimum atomic E-state index is 0.245. The van der Waals surface area contributed by atoms with Gasteiger partial charge in [-0.2, -0.15) is 9.99 Å². The molecule has 0 spiro atoms. The van der Waals surface area contributed by atoms with Gasteiger partial charge >= 0.3 is 0 Å². The molecule has 0 atom stereocenters. The SMILES string of the molecule is N#Cc1ncn(OCC2C3CC4CC(C3)CC2C4)c1N. The van der Waals surface area contributed by atoms with Crippen LogP contribution in [-0.4, -0.2) is 16.3 Å². The Morgan fingerprint density at radius 1 is 1.25 bits per heavy atom. The maximum absolute atomic E-state index is 8.85. The smallest absolute Gasteiger partial charge is 0.185 e. The van der Waals surface area contributed by atoms with Crippen LogP contribution in [0, 0.1) is 40.9 Å². The minimum Gasteiger partial charge on any atom is -0.411 e. The predicted octanol–water partition coefficient (Wildman–Crippen LogP) is 1.84. The van der Waals surface area contributed by atoms with Gasteiger partial charge in [0.25, 0.3) is 0 Å². The Morgan fingerprint density at radius 3 is 2.45 bits per heavy atom. The Bertz CT molecular complexity index is 531. The first-order chi connectivity index (χ1) is 9.74. The number of anilines is 1. The average molecular weight is 272 g/mol. The molecule has 5 rings (SSSR count). The highest BCUT2D eigenvalue weighted by Crippen LogP contribution is 2.56. The molecule has 4 fully saturated rings. The first-order valence-electron chi connectivity index (χ1n) is 7.60. The van der Waals surface area contributed by atoms with E-state index in [2.05, 4.69) is 4.98 Å². The van der Waals surface area contributed by atoms with E-state index < -0.39 is 0 Å². The van der Waals surface area contributed by atoms with Crippen molar-refractivity contribution < 1.29 is 4.84 Å². The Kier molecular flexibility index (Phi) is 2.66. The molecule has 0 saturated heterocycles. The van der Waals surface area contributed by atoms with Crippen molar-refractivity contribution in [3.63, 3.8) is 0 Å². The standard InChI is InChI=1S/C15H20N4O/c16-6-14-15(17)19(8-18-14)20-7-13-11-2-9-1-10(4-11)5-12(13)3-9/h8-13H,1-5,7,17H2. The van der Waals surface area contributed by atoms with Crippen molar-refractivity contribution in [2.45, 2.75) is 32.1 Å². The van der Waals surface area contributed by atoms with Gasteiger partial charge in [0.05, 0.1) is 0 Å². The van der Waals surface area contributed by atoms with Gasteiger partial charge in [-0.25, -0.2) is 4.98 Å². The molecule has 0 aromatic carbocycles. The number of nitriles is 1.